The fourth-order valence-electron chi connectivity index (χ4n) is 8.05. The quantitative estimate of drug-likeness (QED) is 0.0814. The summed E-state index contributed by atoms with van der Waals surface area (Å²) in [6.07, 6.45) is 36.3. The number of rotatable bonds is 13. The molecule has 1 atom stereocenters. The van der Waals surface area contributed by atoms with Crippen LogP contribution in [-0.4, -0.2) is 24.8 Å². The van der Waals surface area contributed by atoms with E-state index in [0.29, 0.717) is 6.04 Å². The Bertz CT molecular complexity index is 2750. The van der Waals surface area contributed by atoms with Crippen molar-refractivity contribution in [2.24, 2.45) is 0 Å². The van der Waals surface area contributed by atoms with Crippen LogP contribution in [0.3, 0.4) is 0 Å². The van der Waals surface area contributed by atoms with Gasteiger partial charge in [-0.1, -0.05) is 186 Å². The molecule has 5 nitrogen and oxygen atoms in total. The van der Waals surface area contributed by atoms with E-state index in [4.69, 9.17) is 5.84 Å². The summed E-state index contributed by atoms with van der Waals surface area (Å²) in [5, 5.41) is 9.25. The van der Waals surface area contributed by atoms with Gasteiger partial charge in [0.15, 0.2) is 0 Å². The van der Waals surface area contributed by atoms with Crippen molar-refractivity contribution < 1.29 is 0 Å². The highest BCUT2D eigenvalue weighted by Gasteiger charge is 2.14. The van der Waals surface area contributed by atoms with E-state index in [1.807, 2.05) is 114 Å². The minimum Gasteiger partial charge on any atom is -0.355 e. The molecular weight excluding hydrogens is 815 g/mol. The topological polar surface area (TPSA) is 58.2 Å². The number of anilines is 2. The Morgan fingerprint density at radius 2 is 1.55 bits per heavy atom. The first-order valence-corrected chi connectivity index (χ1v) is 23.5. The van der Waals surface area contributed by atoms with Crippen LogP contribution in [0.4, 0.5) is 11.4 Å². The number of allylic oxidation sites excluding steroid dienone is 19. The Morgan fingerprint density at radius 3 is 2.24 bits per heavy atom. The maximum atomic E-state index is 6.34. The molecule has 0 saturated carbocycles. The van der Waals surface area contributed by atoms with Crippen molar-refractivity contribution in [1.82, 2.24) is 9.99 Å². The first-order chi connectivity index (χ1) is 32.6. The summed E-state index contributed by atoms with van der Waals surface area (Å²) in [4.78, 5) is 2.10. The molecule has 1 aliphatic carbocycles. The fourth-order valence-corrected chi connectivity index (χ4v) is 8.05. The molecule has 1 unspecified atom stereocenters. The summed E-state index contributed by atoms with van der Waals surface area (Å²) < 4.78 is 1.76. The number of hydrogen-bond donors (Lipinski definition) is 3. The van der Waals surface area contributed by atoms with Crippen LogP contribution >= 0.6 is 0 Å². The zero-order chi connectivity index (χ0) is 48.6. The monoisotopic (exact) mass is 888 g/mol. The zero-order valence-electron chi connectivity index (χ0n) is 41.3. The number of fused-ring (bicyclic) bond motifs is 4. The number of nitrogens with two attached hydrogens (primary N) is 1. The van der Waals surface area contributed by atoms with Crippen LogP contribution in [0.1, 0.15) is 71.9 Å². The number of benzene rings is 4. The van der Waals surface area contributed by atoms with Gasteiger partial charge in [0.25, 0.3) is 0 Å². The molecule has 7 rings (SSSR count). The third-order valence-corrected chi connectivity index (χ3v) is 11.4. The van der Waals surface area contributed by atoms with Gasteiger partial charge < -0.3 is 21.4 Å². The van der Waals surface area contributed by atoms with Crippen molar-refractivity contribution in [3.05, 3.63) is 253 Å². The lowest BCUT2D eigenvalue weighted by molar-refractivity contribution is 0.680. The maximum Gasteiger partial charge on any atom is 0.0704 e. The van der Waals surface area contributed by atoms with E-state index >= 15 is 0 Å². The molecule has 2 heterocycles. The highest BCUT2D eigenvalue weighted by atomic mass is 15.3. The van der Waals surface area contributed by atoms with Gasteiger partial charge in [-0.2, -0.15) is 0 Å². The zero-order valence-corrected chi connectivity index (χ0v) is 41.3. The summed E-state index contributed by atoms with van der Waals surface area (Å²) in [7, 11) is 4.06. The van der Waals surface area contributed by atoms with Gasteiger partial charge in [-0.05, 0) is 129 Å². The average molecular weight is 888 g/mol. The third kappa shape index (κ3) is 14.6. The van der Waals surface area contributed by atoms with Gasteiger partial charge in [0, 0.05) is 52.7 Å². The van der Waals surface area contributed by atoms with Gasteiger partial charge in [-0.25, -0.2) is 0 Å². The van der Waals surface area contributed by atoms with Crippen LogP contribution in [-0.2, 0) is 0 Å². The number of aromatic nitrogens is 1. The standard InChI is InChI=1S/C32H33N3.C15H21N.C13H13N.C2H6/c1-5-13-30(34-26-14-9-8-10-15-26)27(7-3)23(4)18-19-24(6-2)25-20-21-32-29(22-25)28-16-11-12-17-31(28)35(32)33;1-4-5-7-10-13(2)15(16-3)14-11-8-6-9-12-14;1-11-7-5-6-10-14(2)13-9-4-3-8-12(11)13;1-2/h5-6,8-22,34H,2,7,33H2,1,3-4H3;4-8,10-11,15-16H,1,9,12H2,2-3H3;3-10H,1H2,2H3;1-2H3/b13-5-,23-18+,24-19+,30-27-;7-5-,13-10+;7-5-,10-6-;. The lowest BCUT2D eigenvalue weighted by atomic mass is 9.93. The van der Waals surface area contributed by atoms with Gasteiger partial charge in [0.1, 0.15) is 0 Å². The molecule has 0 amide bonds. The number of para-hydroxylation sites is 3. The summed E-state index contributed by atoms with van der Waals surface area (Å²) in [5.41, 5.74) is 15.1. The molecule has 0 saturated heterocycles. The van der Waals surface area contributed by atoms with Gasteiger partial charge in [-0.3, -0.25) is 4.68 Å². The number of likely N-dealkylation sites (N-methyl/N-ethyl adjacent to an activating group) is 1. The normalized spacial score (nSPS) is 15.6. The molecule has 0 bridgehead atoms. The predicted octanol–water partition coefficient (Wildman–Crippen LogP) is 16.2. The molecule has 4 aromatic carbocycles. The summed E-state index contributed by atoms with van der Waals surface area (Å²) in [6, 6.07) is 33.6. The van der Waals surface area contributed by atoms with Gasteiger partial charge >= 0.3 is 0 Å². The van der Waals surface area contributed by atoms with E-state index in [0.717, 1.165) is 69.2 Å². The van der Waals surface area contributed by atoms with Crippen molar-refractivity contribution in [2.45, 2.75) is 66.8 Å². The van der Waals surface area contributed by atoms with Crippen LogP contribution in [0.5, 0.6) is 0 Å². The van der Waals surface area contributed by atoms with Crippen LogP contribution in [0, 0.1) is 0 Å². The Hall–Kier alpha value is -7.34. The summed E-state index contributed by atoms with van der Waals surface area (Å²) in [6.45, 7) is 24.4. The van der Waals surface area contributed by atoms with Gasteiger partial charge in [0.2, 0.25) is 0 Å². The first kappa shape index (κ1) is 52.3. The summed E-state index contributed by atoms with van der Waals surface area (Å²) >= 11 is 0. The van der Waals surface area contributed by atoms with E-state index < -0.39 is 0 Å². The number of nitrogens with one attached hydrogen (secondary N) is 2. The first-order valence-electron chi connectivity index (χ1n) is 23.5. The molecule has 1 aliphatic heterocycles. The van der Waals surface area contributed by atoms with E-state index in [9.17, 15) is 0 Å². The molecule has 4 N–H and O–H groups in total. The minimum atomic E-state index is 0.361. The molecule has 1 aromatic heterocycles. The number of hydrogen-bond acceptors (Lipinski definition) is 4. The molecule has 0 fully saturated rings. The highest BCUT2D eigenvalue weighted by molar-refractivity contribution is 6.09. The van der Waals surface area contributed by atoms with E-state index in [-0.39, 0.29) is 0 Å². The number of nitrogen functional groups attached to an aromatic ring is 1. The second-order valence-corrected chi connectivity index (χ2v) is 15.8. The SMILES string of the molecule is C=C/C=C\C=C(/C)C(NC)C1=CC=CCC1.C=C1/C=C\C=C/N(C)c2ccccc21.C=C\C(=C/C=C(C)/C(CC)=C(/C=C\C)Nc1ccccc1)c1ccc2c(c1)c1ccccc1n2N.CC. The van der Waals surface area contributed by atoms with E-state index in [2.05, 4.69) is 165 Å². The van der Waals surface area contributed by atoms with E-state index in [1.54, 1.807) is 10.8 Å². The van der Waals surface area contributed by atoms with Gasteiger partial charge in [0.05, 0.1) is 11.0 Å². The molecular formula is C62H73N5. The average Bonchev–Trinajstić information content (AvgIpc) is 3.65. The second kappa shape index (κ2) is 27.9. The Kier molecular flexibility index (Phi) is 21.7. The highest BCUT2D eigenvalue weighted by Crippen LogP contribution is 2.31. The Balaban J connectivity index is 0.000000252. The lowest BCUT2D eigenvalue weighted by Crippen LogP contribution is -2.29. The van der Waals surface area contributed by atoms with Crippen LogP contribution in [0.2, 0.25) is 0 Å². The van der Waals surface area contributed by atoms with Crippen molar-refractivity contribution in [2.75, 3.05) is 30.2 Å². The Labute approximate surface area is 402 Å². The van der Waals surface area contributed by atoms with Crippen molar-refractivity contribution in [3.63, 3.8) is 0 Å². The molecule has 0 radical (unpaired) electrons. The van der Waals surface area contributed by atoms with Crippen LogP contribution in [0.25, 0.3) is 33.0 Å². The fraction of sp³-hybridized carbons (Fsp3) is 0.194. The molecule has 346 valence electrons. The lowest BCUT2D eigenvalue weighted by Gasteiger charge is -2.21. The maximum absolute atomic E-state index is 6.34. The predicted molar refractivity (Wildman–Crippen MR) is 300 cm³/mol. The van der Waals surface area contributed by atoms with Crippen molar-refractivity contribution >= 4 is 44.3 Å². The van der Waals surface area contributed by atoms with Crippen molar-refractivity contribution in [3.8, 4) is 0 Å². The Morgan fingerprint density at radius 1 is 0.836 bits per heavy atom. The molecule has 2 aliphatic rings. The van der Waals surface area contributed by atoms with Gasteiger partial charge in [-0.15, -0.1) is 0 Å². The third-order valence-electron chi connectivity index (χ3n) is 11.4. The molecule has 67 heavy (non-hydrogen) atoms. The smallest absolute Gasteiger partial charge is 0.0704 e. The summed E-state index contributed by atoms with van der Waals surface area (Å²) in [5.74, 6) is 6.34. The minimum absolute atomic E-state index is 0.361. The molecule has 5 aromatic rings. The van der Waals surface area contributed by atoms with Crippen LogP contribution < -0.4 is 21.4 Å². The largest absolute Gasteiger partial charge is 0.355 e. The second-order valence-electron chi connectivity index (χ2n) is 15.8. The molecule has 5 heteroatoms. The molecule has 0 spiro atoms. The number of nitrogens with zero attached hydrogens (tertiary/aromatic N) is 2. The van der Waals surface area contributed by atoms with E-state index in [1.165, 1.54) is 33.5 Å². The van der Waals surface area contributed by atoms with Crippen molar-refractivity contribution in [1.29, 1.82) is 0 Å². The van der Waals surface area contributed by atoms with Crippen LogP contribution in [0.15, 0.2) is 242 Å².